The van der Waals surface area contributed by atoms with Crippen LogP contribution in [-0.4, -0.2) is 0 Å². The van der Waals surface area contributed by atoms with E-state index in [1.165, 1.54) is 32.7 Å². The maximum atomic E-state index is 9.80. The molecule has 4 aromatic carbocycles. The second-order valence-electron chi connectivity index (χ2n) is 5.28. The predicted octanol–water partition coefficient (Wildman–Crippen LogP) is 6.57. The van der Waals surface area contributed by atoms with Crippen LogP contribution in [-0.2, 0) is 24.5 Å². The second kappa shape index (κ2) is 8.88. The SMILES string of the molecule is C[c-]1ccc2ccccc21.C[c-]1ccc2ccccc21.[F][Zr+2][F]. The Morgan fingerprint density at radius 1 is 0.652 bits per heavy atom. The van der Waals surface area contributed by atoms with Gasteiger partial charge in [-0.15, -0.1) is 69.1 Å². The van der Waals surface area contributed by atoms with Crippen LogP contribution in [0, 0.1) is 13.8 Å². The molecule has 0 nitrogen and oxygen atoms in total. The van der Waals surface area contributed by atoms with Crippen molar-refractivity contribution in [3.8, 4) is 0 Å². The molecule has 4 rings (SSSR count). The van der Waals surface area contributed by atoms with E-state index in [2.05, 4.69) is 86.6 Å². The van der Waals surface area contributed by atoms with Crippen LogP contribution < -0.4 is 0 Å². The third-order valence-corrected chi connectivity index (χ3v) is 3.80. The monoisotopic (exact) mass is 386 g/mol. The van der Waals surface area contributed by atoms with E-state index < -0.39 is 24.5 Å². The third kappa shape index (κ3) is 4.69. The first-order chi connectivity index (χ1) is 11.2. The van der Waals surface area contributed by atoms with Gasteiger partial charge in [0.05, 0.1) is 0 Å². The molecule has 0 heterocycles. The summed E-state index contributed by atoms with van der Waals surface area (Å²) in [6.45, 7) is 4.28. The van der Waals surface area contributed by atoms with E-state index in [1.807, 2.05) is 0 Å². The van der Waals surface area contributed by atoms with Crippen molar-refractivity contribution >= 4 is 21.5 Å². The summed E-state index contributed by atoms with van der Waals surface area (Å²) in [5.41, 5.74) is 2.74. The molecule has 0 aliphatic carbocycles. The number of halogens is 2. The van der Waals surface area contributed by atoms with Gasteiger partial charge in [0.1, 0.15) is 0 Å². The molecule has 0 aliphatic heterocycles. The Morgan fingerprint density at radius 2 is 1.00 bits per heavy atom. The Balaban J connectivity index is 0.000000143. The molecular formula is C20H18F2Zr. The topological polar surface area (TPSA) is 0 Å². The molecule has 3 heteroatoms. The molecule has 0 radical (unpaired) electrons. The summed E-state index contributed by atoms with van der Waals surface area (Å²) in [7, 11) is 0. The average Bonchev–Trinajstić information content (AvgIpc) is 3.14. The van der Waals surface area contributed by atoms with Gasteiger partial charge in [0.25, 0.3) is 0 Å². The van der Waals surface area contributed by atoms with Crippen molar-refractivity contribution in [1.29, 1.82) is 0 Å². The fraction of sp³-hybridized carbons (Fsp3) is 0.100. The number of benzene rings is 2. The maximum absolute atomic E-state index is 9.80. The van der Waals surface area contributed by atoms with Gasteiger partial charge < -0.3 is 0 Å². The van der Waals surface area contributed by atoms with Crippen molar-refractivity contribution in [3.05, 3.63) is 83.9 Å². The van der Waals surface area contributed by atoms with E-state index in [0.29, 0.717) is 0 Å². The molecule has 0 spiro atoms. The molecule has 0 bridgehead atoms. The van der Waals surface area contributed by atoms with Crippen molar-refractivity contribution in [3.63, 3.8) is 0 Å². The Labute approximate surface area is 148 Å². The first-order valence-electron chi connectivity index (χ1n) is 7.35. The summed E-state index contributed by atoms with van der Waals surface area (Å²) < 4.78 is 19.6. The van der Waals surface area contributed by atoms with E-state index in [-0.39, 0.29) is 0 Å². The van der Waals surface area contributed by atoms with Crippen molar-refractivity contribution in [2.75, 3.05) is 0 Å². The number of fused-ring (bicyclic) bond motifs is 2. The van der Waals surface area contributed by atoms with Crippen molar-refractivity contribution in [2.45, 2.75) is 13.8 Å². The van der Waals surface area contributed by atoms with Crippen LogP contribution in [0.2, 0.25) is 0 Å². The van der Waals surface area contributed by atoms with Gasteiger partial charge >= 0.3 is 29.7 Å². The van der Waals surface area contributed by atoms with Crippen molar-refractivity contribution < 1.29 is 29.7 Å². The zero-order chi connectivity index (χ0) is 16.7. The molecule has 0 aliphatic rings. The van der Waals surface area contributed by atoms with Gasteiger partial charge in [-0.1, -0.05) is 26.0 Å². The molecule has 4 aromatic rings. The van der Waals surface area contributed by atoms with Gasteiger partial charge in [0.15, 0.2) is 0 Å². The standard InChI is InChI=1S/2C10H9.2FH.Zr/c2*1-8-6-7-9-4-2-3-5-10(8)9;;;/h2*2-7H,1H3;2*1H;/q2*-1;;;+4/p-2. The molecule has 0 saturated heterocycles. The molecule has 0 amide bonds. The Bertz CT molecular complexity index is 786. The molecule has 0 saturated carbocycles. The summed E-state index contributed by atoms with van der Waals surface area (Å²) in [4.78, 5) is 0. The summed E-state index contributed by atoms with van der Waals surface area (Å²) >= 11 is -2.77. The van der Waals surface area contributed by atoms with Gasteiger partial charge in [-0.05, 0) is 0 Å². The molecule has 116 valence electrons. The number of hydrogen-bond donors (Lipinski definition) is 0. The summed E-state index contributed by atoms with van der Waals surface area (Å²) in [6.07, 6.45) is 0. The molecule has 0 atom stereocenters. The van der Waals surface area contributed by atoms with Crippen LogP contribution in [0.1, 0.15) is 11.1 Å². The van der Waals surface area contributed by atoms with Crippen LogP contribution in [0.25, 0.3) is 21.5 Å². The number of aryl methyl sites for hydroxylation is 2. The molecular weight excluding hydrogens is 369 g/mol. The Hall–Kier alpha value is -1.60. The van der Waals surface area contributed by atoms with Crippen LogP contribution in [0.3, 0.4) is 0 Å². The van der Waals surface area contributed by atoms with E-state index in [9.17, 15) is 5.25 Å². The zero-order valence-electron chi connectivity index (χ0n) is 13.2. The van der Waals surface area contributed by atoms with Crippen molar-refractivity contribution in [2.24, 2.45) is 0 Å². The minimum atomic E-state index is -2.77. The minimum absolute atomic E-state index is 1.35. The average molecular weight is 388 g/mol. The van der Waals surface area contributed by atoms with Gasteiger partial charge in [-0.25, -0.2) is 0 Å². The quantitative estimate of drug-likeness (QED) is 0.299. The fourth-order valence-corrected chi connectivity index (χ4v) is 2.61. The van der Waals surface area contributed by atoms with E-state index >= 15 is 0 Å². The third-order valence-electron chi connectivity index (χ3n) is 3.80. The molecule has 23 heavy (non-hydrogen) atoms. The van der Waals surface area contributed by atoms with Crippen LogP contribution in [0.4, 0.5) is 5.25 Å². The summed E-state index contributed by atoms with van der Waals surface area (Å²) in [5, 5.41) is 5.45. The first kappa shape index (κ1) is 17.8. The molecule has 0 aromatic heterocycles. The molecule has 0 N–H and O–H groups in total. The fourth-order valence-electron chi connectivity index (χ4n) is 2.61. The first-order valence-corrected chi connectivity index (χ1v) is 9.21. The second-order valence-corrected chi connectivity index (χ2v) is 5.63. The van der Waals surface area contributed by atoms with Crippen LogP contribution in [0.15, 0.2) is 72.8 Å². The summed E-state index contributed by atoms with van der Waals surface area (Å²) in [6, 6.07) is 25.5. The normalized spacial score (nSPS) is 9.57. The van der Waals surface area contributed by atoms with Gasteiger partial charge in [0.2, 0.25) is 0 Å². The number of rotatable bonds is 0. The Morgan fingerprint density at radius 3 is 1.35 bits per heavy atom. The van der Waals surface area contributed by atoms with E-state index in [0.717, 1.165) is 0 Å². The van der Waals surface area contributed by atoms with Crippen molar-refractivity contribution in [1.82, 2.24) is 0 Å². The van der Waals surface area contributed by atoms with E-state index in [4.69, 9.17) is 0 Å². The van der Waals surface area contributed by atoms with Crippen LogP contribution >= 0.6 is 0 Å². The molecule has 0 unspecified atom stereocenters. The van der Waals surface area contributed by atoms with E-state index in [1.54, 1.807) is 0 Å². The zero-order valence-corrected chi connectivity index (χ0v) is 15.6. The molecule has 0 fully saturated rings. The van der Waals surface area contributed by atoms with Gasteiger partial charge in [-0.2, -0.15) is 24.3 Å². The van der Waals surface area contributed by atoms with Gasteiger partial charge in [-0.3, -0.25) is 0 Å². The van der Waals surface area contributed by atoms with Gasteiger partial charge in [0, 0.05) is 0 Å². The Kier molecular flexibility index (Phi) is 6.86. The summed E-state index contributed by atoms with van der Waals surface area (Å²) in [5.74, 6) is 0. The van der Waals surface area contributed by atoms with Crippen LogP contribution in [0.5, 0.6) is 0 Å². The predicted molar refractivity (Wildman–Crippen MR) is 90.8 cm³/mol. The number of hydrogen-bond acceptors (Lipinski definition) is 0.